The number of rotatable bonds is 3. The molecule has 1 aromatic rings. The quantitative estimate of drug-likeness (QED) is 0.690. The van der Waals surface area contributed by atoms with Crippen LogP contribution in [0.25, 0.3) is 0 Å². The van der Waals surface area contributed by atoms with Gasteiger partial charge in [0.1, 0.15) is 0 Å². The second kappa shape index (κ2) is 5.21. The lowest BCUT2D eigenvalue weighted by molar-refractivity contribution is -0.137. The van der Waals surface area contributed by atoms with Crippen molar-refractivity contribution in [1.82, 2.24) is 0 Å². The van der Waals surface area contributed by atoms with Crippen molar-refractivity contribution in [2.24, 2.45) is 0 Å². The normalized spacial score (nSPS) is 15.9. The Morgan fingerprint density at radius 3 is 2.44 bits per heavy atom. The van der Waals surface area contributed by atoms with Gasteiger partial charge in [-0.1, -0.05) is 48.0 Å². The third kappa shape index (κ3) is 3.24. The van der Waals surface area contributed by atoms with Gasteiger partial charge in [-0.2, -0.15) is 13.2 Å². The average Bonchev–Trinajstić information content (AvgIpc) is 2.26. The van der Waals surface area contributed by atoms with Crippen LogP contribution in [0.5, 0.6) is 0 Å². The molecule has 1 aromatic carbocycles. The summed E-state index contributed by atoms with van der Waals surface area (Å²) in [7, 11) is 0. The summed E-state index contributed by atoms with van der Waals surface area (Å²) in [6.07, 6.45) is -3.37. The molecule has 90 valence electrons. The molecule has 0 radical (unpaired) electrons. The van der Waals surface area contributed by atoms with Crippen LogP contribution in [-0.4, -0.2) is 4.83 Å². The Bertz CT molecular complexity index is 346. The highest BCUT2D eigenvalue weighted by Crippen LogP contribution is 2.33. The molecule has 0 amide bonds. The van der Waals surface area contributed by atoms with Crippen LogP contribution in [0.3, 0.4) is 0 Å². The first kappa shape index (κ1) is 13.6. The molecule has 0 heterocycles. The molecule has 0 nitrogen and oxygen atoms in total. The summed E-state index contributed by atoms with van der Waals surface area (Å²) in [6.45, 7) is 3.93. The highest BCUT2D eigenvalue weighted by atomic mass is 79.9. The Labute approximate surface area is 102 Å². The molecule has 1 rings (SSSR count). The van der Waals surface area contributed by atoms with Crippen LogP contribution >= 0.6 is 15.9 Å². The first-order valence-corrected chi connectivity index (χ1v) is 6.09. The third-order valence-electron chi connectivity index (χ3n) is 2.67. The average molecular weight is 295 g/mol. The van der Waals surface area contributed by atoms with E-state index in [2.05, 4.69) is 15.9 Å². The van der Waals surface area contributed by atoms with E-state index in [4.69, 9.17) is 0 Å². The Balaban J connectivity index is 2.99. The Morgan fingerprint density at radius 1 is 1.31 bits per heavy atom. The fourth-order valence-corrected chi connectivity index (χ4v) is 1.87. The molecular formula is C12H14BrF3. The van der Waals surface area contributed by atoms with E-state index in [1.807, 2.05) is 13.8 Å². The largest absolute Gasteiger partial charge is 0.416 e. The number of hydrogen-bond donors (Lipinski definition) is 0. The van der Waals surface area contributed by atoms with Crippen molar-refractivity contribution in [3.05, 3.63) is 35.4 Å². The zero-order valence-electron chi connectivity index (χ0n) is 9.18. The van der Waals surface area contributed by atoms with Crippen LogP contribution in [0.4, 0.5) is 13.2 Å². The smallest absolute Gasteiger partial charge is 0.166 e. The van der Waals surface area contributed by atoms with E-state index < -0.39 is 11.7 Å². The van der Waals surface area contributed by atoms with Crippen LogP contribution in [0.15, 0.2) is 24.3 Å². The first-order valence-electron chi connectivity index (χ1n) is 5.17. The lowest BCUT2D eigenvalue weighted by Gasteiger charge is -2.18. The Hall–Kier alpha value is -0.510. The molecule has 0 aromatic heterocycles. The number of halogens is 4. The van der Waals surface area contributed by atoms with E-state index in [0.29, 0.717) is 0 Å². The van der Waals surface area contributed by atoms with Gasteiger partial charge in [0.05, 0.1) is 5.56 Å². The molecule has 0 bridgehead atoms. The molecule has 4 heteroatoms. The maximum atomic E-state index is 12.5. The SMILES string of the molecule is CCC(Br)C(C)c1cccc(C(F)(F)F)c1. The molecule has 0 aliphatic heterocycles. The fourth-order valence-electron chi connectivity index (χ4n) is 1.56. The molecule has 0 N–H and O–H groups in total. The van der Waals surface area contributed by atoms with E-state index in [1.165, 1.54) is 12.1 Å². The molecule has 2 unspecified atom stereocenters. The maximum Gasteiger partial charge on any atom is 0.416 e. The zero-order chi connectivity index (χ0) is 12.3. The number of hydrogen-bond acceptors (Lipinski definition) is 0. The number of benzene rings is 1. The molecule has 0 fully saturated rings. The van der Waals surface area contributed by atoms with Gasteiger partial charge in [-0.25, -0.2) is 0 Å². The van der Waals surface area contributed by atoms with Gasteiger partial charge >= 0.3 is 6.18 Å². The Morgan fingerprint density at radius 2 is 1.94 bits per heavy atom. The van der Waals surface area contributed by atoms with E-state index in [9.17, 15) is 13.2 Å². The molecule has 16 heavy (non-hydrogen) atoms. The fraction of sp³-hybridized carbons (Fsp3) is 0.500. The van der Waals surface area contributed by atoms with E-state index in [0.717, 1.165) is 18.1 Å². The minimum Gasteiger partial charge on any atom is -0.166 e. The predicted molar refractivity (Wildman–Crippen MR) is 62.9 cm³/mol. The summed E-state index contributed by atoms with van der Waals surface area (Å²) in [5, 5.41) is 0. The lowest BCUT2D eigenvalue weighted by atomic mass is 9.95. The minimum absolute atomic E-state index is 0.0762. The van der Waals surface area contributed by atoms with Crippen LogP contribution in [0.2, 0.25) is 0 Å². The molecule has 0 aliphatic carbocycles. The topological polar surface area (TPSA) is 0 Å². The maximum absolute atomic E-state index is 12.5. The van der Waals surface area contributed by atoms with Crippen molar-refractivity contribution >= 4 is 15.9 Å². The van der Waals surface area contributed by atoms with Gasteiger partial charge in [0.25, 0.3) is 0 Å². The second-order valence-electron chi connectivity index (χ2n) is 3.84. The Kier molecular flexibility index (Phi) is 4.42. The van der Waals surface area contributed by atoms with Gasteiger partial charge in [0, 0.05) is 4.83 Å². The van der Waals surface area contributed by atoms with Gasteiger partial charge in [-0.05, 0) is 24.0 Å². The van der Waals surface area contributed by atoms with Crippen LogP contribution in [0, 0.1) is 0 Å². The molecule has 0 saturated carbocycles. The van der Waals surface area contributed by atoms with E-state index in [1.54, 1.807) is 6.07 Å². The third-order valence-corrected chi connectivity index (χ3v) is 4.11. The van der Waals surface area contributed by atoms with E-state index >= 15 is 0 Å². The second-order valence-corrected chi connectivity index (χ2v) is 5.01. The highest BCUT2D eigenvalue weighted by Gasteiger charge is 2.31. The summed E-state index contributed by atoms with van der Waals surface area (Å²) in [4.78, 5) is 0.205. The van der Waals surface area contributed by atoms with Crippen molar-refractivity contribution in [1.29, 1.82) is 0 Å². The van der Waals surface area contributed by atoms with Crippen molar-refractivity contribution in [3.63, 3.8) is 0 Å². The summed E-state index contributed by atoms with van der Waals surface area (Å²) in [5.41, 5.74) is 0.145. The summed E-state index contributed by atoms with van der Waals surface area (Å²) >= 11 is 3.47. The van der Waals surface area contributed by atoms with Gasteiger partial charge in [0.2, 0.25) is 0 Å². The van der Waals surface area contributed by atoms with Gasteiger partial charge in [0.15, 0.2) is 0 Å². The van der Waals surface area contributed by atoms with Crippen molar-refractivity contribution in [2.45, 2.75) is 37.2 Å². The molecule has 2 atom stereocenters. The molecule has 0 spiro atoms. The number of alkyl halides is 4. The van der Waals surface area contributed by atoms with E-state index in [-0.39, 0.29) is 10.7 Å². The minimum atomic E-state index is -4.26. The lowest BCUT2D eigenvalue weighted by Crippen LogP contribution is -2.10. The molecular weight excluding hydrogens is 281 g/mol. The summed E-state index contributed by atoms with van der Waals surface area (Å²) in [5.74, 6) is 0.0762. The van der Waals surface area contributed by atoms with Crippen molar-refractivity contribution in [2.75, 3.05) is 0 Å². The van der Waals surface area contributed by atoms with Crippen molar-refractivity contribution < 1.29 is 13.2 Å². The van der Waals surface area contributed by atoms with Crippen molar-refractivity contribution in [3.8, 4) is 0 Å². The summed E-state index contributed by atoms with van der Waals surface area (Å²) in [6, 6.07) is 5.54. The van der Waals surface area contributed by atoms with Crippen LogP contribution in [0.1, 0.15) is 37.3 Å². The molecule has 0 saturated heterocycles. The van der Waals surface area contributed by atoms with Crippen LogP contribution < -0.4 is 0 Å². The molecule has 0 aliphatic rings. The highest BCUT2D eigenvalue weighted by molar-refractivity contribution is 9.09. The first-order chi connectivity index (χ1) is 7.36. The van der Waals surface area contributed by atoms with Gasteiger partial charge < -0.3 is 0 Å². The monoisotopic (exact) mass is 294 g/mol. The van der Waals surface area contributed by atoms with Crippen LogP contribution in [-0.2, 0) is 6.18 Å². The van der Waals surface area contributed by atoms with Gasteiger partial charge in [-0.15, -0.1) is 0 Å². The van der Waals surface area contributed by atoms with Gasteiger partial charge in [-0.3, -0.25) is 0 Å². The zero-order valence-corrected chi connectivity index (χ0v) is 10.8. The standard InChI is InChI=1S/C12H14BrF3/c1-3-11(13)8(2)9-5-4-6-10(7-9)12(14,15)16/h4-8,11H,3H2,1-2H3. The predicted octanol–water partition coefficient (Wildman–Crippen LogP) is 4.98. The summed E-state index contributed by atoms with van der Waals surface area (Å²) < 4.78 is 37.5.